The maximum Gasteiger partial charge on any atom is 0.180 e. The average Bonchev–Trinajstić information content (AvgIpc) is 3.69. The summed E-state index contributed by atoms with van der Waals surface area (Å²) >= 11 is 0. The number of rotatable bonds is 5. The Balaban J connectivity index is 1.26. The third-order valence-corrected chi connectivity index (χ3v) is 8.66. The van der Waals surface area contributed by atoms with Crippen LogP contribution in [0.25, 0.3) is 66.1 Å². The number of anilines is 3. The van der Waals surface area contributed by atoms with Gasteiger partial charge in [0.1, 0.15) is 11.2 Å². The molecule has 0 N–H and O–H groups in total. The first-order valence-electron chi connectivity index (χ1n) is 15.2. The van der Waals surface area contributed by atoms with Crippen LogP contribution in [0.4, 0.5) is 17.1 Å². The summed E-state index contributed by atoms with van der Waals surface area (Å²) in [5.41, 5.74) is 11.1. The summed E-state index contributed by atoms with van der Waals surface area (Å²) in [6.45, 7) is 0. The van der Waals surface area contributed by atoms with Crippen molar-refractivity contribution in [3.05, 3.63) is 164 Å². The van der Waals surface area contributed by atoms with E-state index in [4.69, 9.17) is 8.83 Å². The first-order chi connectivity index (χ1) is 22.3. The molecule has 0 aliphatic heterocycles. The second-order valence-corrected chi connectivity index (χ2v) is 11.3. The van der Waals surface area contributed by atoms with Crippen LogP contribution in [0.1, 0.15) is 0 Å². The third kappa shape index (κ3) is 4.21. The Morgan fingerprint density at radius 2 is 0.889 bits per heavy atom. The summed E-state index contributed by atoms with van der Waals surface area (Å²) in [4.78, 5) is 2.33. The van der Waals surface area contributed by atoms with E-state index in [2.05, 4.69) is 144 Å². The van der Waals surface area contributed by atoms with E-state index in [9.17, 15) is 0 Å². The van der Waals surface area contributed by atoms with E-state index in [1.807, 2.05) is 24.3 Å². The standard InChI is InChI=1S/C42H27NO2/c1-3-12-28(13-4-1)30-14-11-15-31(26-30)29-22-24-33(25-23-29)43(32-16-5-2-6-17-32)37-27-36-34-18-7-9-20-38(34)44-41(36)42-40(37)35-19-8-10-21-39(35)45-42/h1-27H. The Bertz CT molecular complexity index is 2470. The second-order valence-electron chi connectivity index (χ2n) is 11.3. The lowest BCUT2D eigenvalue weighted by Gasteiger charge is -2.26. The van der Waals surface area contributed by atoms with Gasteiger partial charge >= 0.3 is 0 Å². The highest BCUT2D eigenvalue weighted by Gasteiger charge is 2.24. The molecule has 2 heterocycles. The average molecular weight is 578 g/mol. The van der Waals surface area contributed by atoms with Crippen LogP contribution < -0.4 is 4.90 Å². The normalized spacial score (nSPS) is 11.6. The van der Waals surface area contributed by atoms with E-state index in [0.29, 0.717) is 0 Å². The highest BCUT2D eigenvalue weighted by molar-refractivity contribution is 6.24. The monoisotopic (exact) mass is 577 g/mol. The second kappa shape index (κ2) is 10.3. The van der Waals surface area contributed by atoms with E-state index in [-0.39, 0.29) is 0 Å². The lowest BCUT2D eigenvalue weighted by molar-refractivity contribution is 0.633. The van der Waals surface area contributed by atoms with Crippen molar-refractivity contribution in [2.45, 2.75) is 0 Å². The molecule has 0 bridgehead atoms. The molecule has 9 rings (SSSR count). The van der Waals surface area contributed by atoms with Crippen molar-refractivity contribution in [3.63, 3.8) is 0 Å². The topological polar surface area (TPSA) is 29.5 Å². The van der Waals surface area contributed by atoms with Gasteiger partial charge in [-0.2, -0.15) is 0 Å². The highest BCUT2D eigenvalue weighted by Crippen LogP contribution is 2.48. The summed E-state index contributed by atoms with van der Waals surface area (Å²) in [5.74, 6) is 0. The number of nitrogens with zero attached hydrogens (tertiary/aromatic N) is 1. The van der Waals surface area contributed by atoms with Crippen LogP contribution in [-0.2, 0) is 0 Å². The zero-order valence-electron chi connectivity index (χ0n) is 24.4. The van der Waals surface area contributed by atoms with Crippen LogP contribution in [-0.4, -0.2) is 0 Å². The molecule has 2 aromatic heterocycles. The molecule has 9 aromatic rings. The van der Waals surface area contributed by atoms with E-state index in [1.54, 1.807) is 0 Å². The number of benzene rings is 7. The Labute approximate surface area is 260 Å². The van der Waals surface area contributed by atoms with E-state index < -0.39 is 0 Å². The minimum atomic E-state index is 0.759. The van der Waals surface area contributed by atoms with Gasteiger partial charge in [-0.15, -0.1) is 0 Å². The van der Waals surface area contributed by atoms with Crippen LogP contribution in [0.3, 0.4) is 0 Å². The van der Waals surface area contributed by atoms with Crippen molar-refractivity contribution in [2.24, 2.45) is 0 Å². The molecule has 0 aliphatic rings. The smallest absolute Gasteiger partial charge is 0.180 e. The number of hydrogen-bond acceptors (Lipinski definition) is 3. The molecule has 0 unspecified atom stereocenters. The molecule has 0 aliphatic carbocycles. The molecule has 7 aromatic carbocycles. The molecule has 45 heavy (non-hydrogen) atoms. The summed E-state index contributed by atoms with van der Waals surface area (Å²) in [6.07, 6.45) is 0. The highest BCUT2D eigenvalue weighted by atomic mass is 16.4. The zero-order chi connectivity index (χ0) is 29.7. The molecule has 3 nitrogen and oxygen atoms in total. The van der Waals surface area contributed by atoms with Gasteiger partial charge in [-0.1, -0.05) is 115 Å². The predicted molar refractivity (Wildman–Crippen MR) is 187 cm³/mol. The fraction of sp³-hybridized carbons (Fsp3) is 0. The molecule has 212 valence electrons. The fourth-order valence-corrected chi connectivity index (χ4v) is 6.54. The van der Waals surface area contributed by atoms with Gasteiger partial charge in [-0.3, -0.25) is 0 Å². The van der Waals surface area contributed by atoms with Crippen LogP contribution in [0.5, 0.6) is 0 Å². The summed E-state index contributed by atoms with van der Waals surface area (Å²) < 4.78 is 13.0. The van der Waals surface area contributed by atoms with Crippen LogP contribution in [0.2, 0.25) is 0 Å². The lowest BCUT2D eigenvalue weighted by Crippen LogP contribution is -2.10. The first-order valence-corrected chi connectivity index (χ1v) is 15.2. The maximum absolute atomic E-state index is 6.56. The van der Waals surface area contributed by atoms with Crippen LogP contribution >= 0.6 is 0 Å². The summed E-state index contributed by atoms with van der Waals surface area (Å²) in [6, 6.07) is 57.3. The number of para-hydroxylation sites is 3. The third-order valence-electron chi connectivity index (χ3n) is 8.66. The van der Waals surface area contributed by atoms with E-state index in [1.165, 1.54) is 22.3 Å². The number of hydrogen-bond donors (Lipinski definition) is 0. The van der Waals surface area contributed by atoms with Crippen molar-refractivity contribution in [1.29, 1.82) is 0 Å². The quantitative estimate of drug-likeness (QED) is 0.204. The van der Waals surface area contributed by atoms with Crippen molar-refractivity contribution in [1.82, 2.24) is 0 Å². The Hall–Kier alpha value is -6.06. The van der Waals surface area contributed by atoms with Gasteiger partial charge in [0.25, 0.3) is 0 Å². The molecule has 0 radical (unpaired) electrons. The Morgan fingerprint density at radius 3 is 1.62 bits per heavy atom. The van der Waals surface area contributed by atoms with Gasteiger partial charge in [0, 0.05) is 27.5 Å². The minimum absolute atomic E-state index is 0.759. The zero-order valence-corrected chi connectivity index (χ0v) is 24.4. The molecular weight excluding hydrogens is 550 g/mol. The molecule has 0 saturated carbocycles. The van der Waals surface area contributed by atoms with E-state index in [0.717, 1.165) is 60.9 Å². The predicted octanol–water partition coefficient (Wildman–Crippen LogP) is 12.3. The molecule has 0 saturated heterocycles. The number of fused-ring (bicyclic) bond motifs is 7. The lowest BCUT2D eigenvalue weighted by atomic mass is 9.98. The van der Waals surface area contributed by atoms with E-state index >= 15 is 0 Å². The Kier molecular flexibility index (Phi) is 5.82. The largest absolute Gasteiger partial charge is 0.452 e. The molecule has 0 fully saturated rings. The van der Waals surface area contributed by atoms with Crippen LogP contribution in [0.15, 0.2) is 173 Å². The number of furan rings is 2. The van der Waals surface area contributed by atoms with Crippen molar-refractivity contribution in [3.8, 4) is 22.3 Å². The molecule has 0 atom stereocenters. The van der Waals surface area contributed by atoms with Crippen molar-refractivity contribution >= 4 is 60.9 Å². The minimum Gasteiger partial charge on any atom is -0.452 e. The van der Waals surface area contributed by atoms with Gasteiger partial charge in [0.2, 0.25) is 0 Å². The van der Waals surface area contributed by atoms with Crippen molar-refractivity contribution in [2.75, 3.05) is 4.90 Å². The summed E-state index contributed by atoms with van der Waals surface area (Å²) in [7, 11) is 0. The van der Waals surface area contributed by atoms with Crippen molar-refractivity contribution < 1.29 is 8.83 Å². The van der Waals surface area contributed by atoms with Gasteiger partial charge in [-0.25, -0.2) is 0 Å². The Morgan fingerprint density at radius 1 is 0.356 bits per heavy atom. The van der Waals surface area contributed by atoms with Gasteiger partial charge in [0.15, 0.2) is 11.2 Å². The molecule has 0 amide bonds. The SMILES string of the molecule is c1ccc(-c2cccc(-c3ccc(N(c4ccccc4)c4cc5c6ccccc6oc5c5oc6ccccc6c45)cc3)c2)cc1. The van der Waals surface area contributed by atoms with Gasteiger partial charge < -0.3 is 13.7 Å². The summed E-state index contributed by atoms with van der Waals surface area (Å²) in [5, 5.41) is 4.18. The molecule has 0 spiro atoms. The molecular formula is C42H27NO2. The maximum atomic E-state index is 6.56. The van der Waals surface area contributed by atoms with Gasteiger partial charge in [0.05, 0.1) is 11.1 Å². The van der Waals surface area contributed by atoms with Crippen LogP contribution in [0, 0.1) is 0 Å². The molecule has 3 heteroatoms. The first kappa shape index (κ1) is 25.4. The fourth-order valence-electron chi connectivity index (χ4n) is 6.54. The van der Waals surface area contributed by atoms with Gasteiger partial charge in [-0.05, 0) is 70.8 Å².